The molecular formula is C13H17ClN2O2. The van der Waals surface area contributed by atoms with Gasteiger partial charge in [0.05, 0.1) is 12.8 Å². The van der Waals surface area contributed by atoms with Crippen LogP contribution in [0.3, 0.4) is 0 Å². The first-order valence-corrected chi connectivity index (χ1v) is 6.51. The van der Waals surface area contributed by atoms with Crippen LogP contribution in [0.15, 0.2) is 18.3 Å². The van der Waals surface area contributed by atoms with E-state index in [-0.39, 0.29) is 12.0 Å². The Morgan fingerprint density at radius 3 is 3.17 bits per heavy atom. The molecule has 0 unspecified atom stereocenters. The molecule has 0 saturated carbocycles. The maximum atomic E-state index is 11.7. The zero-order valence-electron chi connectivity index (χ0n) is 10.4. The molecule has 4 nitrogen and oxygen atoms in total. The van der Waals surface area contributed by atoms with Crippen molar-refractivity contribution in [2.75, 3.05) is 13.7 Å². The van der Waals surface area contributed by atoms with Crippen LogP contribution in [0.1, 0.15) is 25.0 Å². The lowest BCUT2D eigenvalue weighted by Gasteiger charge is -2.33. The molecule has 1 saturated heterocycles. The van der Waals surface area contributed by atoms with Gasteiger partial charge in [-0.1, -0.05) is 18.0 Å². The number of pyridine rings is 1. The lowest BCUT2D eigenvalue weighted by Crippen LogP contribution is -2.44. The fourth-order valence-electron chi connectivity index (χ4n) is 2.33. The standard InChI is InChI=1S/C13H17ClN2O2/c1-18-13(17)12-4-2-3-7-16(12)9-11-8-10(14)5-6-15-11/h5-6,8,12H,2-4,7,9H2,1H3/t12-/m1/s1. The summed E-state index contributed by atoms with van der Waals surface area (Å²) in [6.45, 7) is 1.54. The van der Waals surface area contributed by atoms with Crippen LogP contribution in [0.2, 0.25) is 5.02 Å². The first-order valence-electron chi connectivity index (χ1n) is 6.13. The molecule has 1 fully saturated rings. The molecule has 18 heavy (non-hydrogen) atoms. The third kappa shape index (κ3) is 3.21. The van der Waals surface area contributed by atoms with E-state index in [1.165, 1.54) is 7.11 Å². The molecule has 1 aromatic rings. The summed E-state index contributed by atoms with van der Waals surface area (Å²) in [4.78, 5) is 18.1. The molecule has 5 heteroatoms. The normalized spacial score (nSPS) is 20.7. The van der Waals surface area contributed by atoms with Crippen LogP contribution in [0.5, 0.6) is 0 Å². The lowest BCUT2D eigenvalue weighted by atomic mass is 10.0. The van der Waals surface area contributed by atoms with Gasteiger partial charge in [0, 0.05) is 17.8 Å². The maximum absolute atomic E-state index is 11.7. The SMILES string of the molecule is COC(=O)[C@H]1CCCCN1Cc1cc(Cl)ccn1. The predicted octanol–water partition coefficient (Wildman–Crippen LogP) is 2.26. The highest BCUT2D eigenvalue weighted by Crippen LogP contribution is 2.20. The minimum absolute atomic E-state index is 0.149. The van der Waals surface area contributed by atoms with Crippen LogP contribution in [0.25, 0.3) is 0 Å². The number of rotatable bonds is 3. The third-order valence-corrected chi connectivity index (χ3v) is 3.47. The number of methoxy groups -OCH3 is 1. The average Bonchev–Trinajstić information content (AvgIpc) is 2.38. The Morgan fingerprint density at radius 2 is 2.44 bits per heavy atom. The van der Waals surface area contributed by atoms with Gasteiger partial charge in [-0.05, 0) is 31.5 Å². The van der Waals surface area contributed by atoms with Crippen molar-refractivity contribution in [3.63, 3.8) is 0 Å². The second-order valence-electron chi connectivity index (χ2n) is 4.47. The molecule has 0 aromatic carbocycles. The number of halogens is 1. The van der Waals surface area contributed by atoms with Crippen LogP contribution in [0, 0.1) is 0 Å². The van der Waals surface area contributed by atoms with Crippen molar-refractivity contribution >= 4 is 17.6 Å². The molecule has 0 bridgehead atoms. The molecule has 0 amide bonds. The van der Waals surface area contributed by atoms with Gasteiger partial charge in [0.25, 0.3) is 0 Å². The Morgan fingerprint density at radius 1 is 1.61 bits per heavy atom. The highest BCUT2D eigenvalue weighted by molar-refractivity contribution is 6.30. The van der Waals surface area contributed by atoms with Crippen LogP contribution in [-0.2, 0) is 16.1 Å². The summed E-state index contributed by atoms with van der Waals surface area (Å²) in [5, 5.41) is 0.673. The number of carbonyl (C=O) groups is 1. The second-order valence-corrected chi connectivity index (χ2v) is 4.91. The number of esters is 1. The monoisotopic (exact) mass is 268 g/mol. The quantitative estimate of drug-likeness (QED) is 0.789. The van der Waals surface area contributed by atoms with Crippen molar-refractivity contribution in [3.8, 4) is 0 Å². The minimum Gasteiger partial charge on any atom is -0.468 e. The number of piperidine rings is 1. The van der Waals surface area contributed by atoms with E-state index in [2.05, 4.69) is 9.88 Å². The zero-order chi connectivity index (χ0) is 13.0. The van der Waals surface area contributed by atoms with Gasteiger partial charge in [-0.2, -0.15) is 0 Å². The van der Waals surface area contributed by atoms with Crippen LogP contribution < -0.4 is 0 Å². The summed E-state index contributed by atoms with van der Waals surface area (Å²) >= 11 is 5.94. The van der Waals surface area contributed by atoms with Crippen molar-refractivity contribution in [1.82, 2.24) is 9.88 Å². The Hall–Kier alpha value is -1.13. The fraction of sp³-hybridized carbons (Fsp3) is 0.538. The summed E-state index contributed by atoms with van der Waals surface area (Å²) in [5.74, 6) is -0.156. The van der Waals surface area contributed by atoms with Gasteiger partial charge in [-0.3, -0.25) is 14.7 Å². The Bertz CT molecular complexity index is 425. The summed E-state index contributed by atoms with van der Waals surface area (Å²) in [6.07, 6.45) is 4.72. The number of carbonyl (C=O) groups excluding carboxylic acids is 1. The summed E-state index contributed by atoms with van der Waals surface area (Å²) < 4.78 is 4.85. The number of nitrogens with zero attached hydrogens (tertiary/aromatic N) is 2. The van der Waals surface area contributed by atoms with E-state index in [1.54, 1.807) is 12.3 Å². The summed E-state index contributed by atoms with van der Waals surface area (Å²) in [5.41, 5.74) is 0.887. The molecular weight excluding hydrogens is 252 g/mol. The third-order valence-electron chi connectivity index (χ3n) is 3.23. The lowest BCUT2D eigenvalue weighted by molar-refractivity contribution is -0.148. The van der Waals surface area contributed by atoms with Gasteiger partial charge in [0.1, 0.15) is 6.04 Å². The van der Waals surface area contributed by atoms with Gasteiger partial charge >= 0.3 is 5.97 Å². The summed E-state index contributed by atoms with van der Waals surface area (Å²) in [6, 6.07) is 3.44. The van der Waals surface area contributed by atoms with E-state index in [1.807, 2.05) is 6.07 Å². The molecule has 0 N–H and O–H groups in total. The Balaban J connectivity index is 2.07. The van der Waals surface area contributed by atoms with Gasteiger partial charge in [-0.25, -0.2) is 0 Å². The van der Waals surface area contributed by atoms with Crippen LogP contribution >= 0.6 is 11.6 Å². The molecule has 2 heterocycles. The highest BCUT2D eigenvalue weighted by Gasteiger charge is 2.29. The molecule has 1 aliphatic heterocycles. The maximum Gasteiger partial charge on any atom is 0.323 e. The smallest absolute Gasteiger partial charge is 0.323 e. The molecule has 2 rings (SSSR count). The van der Waals surface area contributed by atoms with Crippen molar-refractivity contribution in [3.05, 3.63) is 29.0 Å². The van der Waals surface area contributed by atoms with Crippen molar-refractivity contribution in [2.45, 2.75) is 31.8 Å². The molecule has 0 radical (unpaired) electrons. The molecule has 1 aliphatic rings. The van der Waals surface area contributed by atoms with Crippen LogP contribution in [0.4, 0.5) is 0 Å². The van der Waals surface area contributed by atoms with Gasteiger partial charge in [0.15, 0.2) is 0 Å². The molecule has 0 spiro atoms. The van der Waals surface area contributed by atoms with E-state index < -0.39 is 0 Å². The molecule has 0 aliphatic carbocycles. The van der Waals surface area contributed by atoms with Crippen molar-refractivity contribution in [2.24, 2.45) is 0 Å². The van der Waals surface area contributed by atoms with E-state index >= 15 is 0 Å². The number of hydrogen-bond donors (Lipinski definition) is 0. The van der Waals surface area contributed by atoms with Gasteiger partial charge in [-0.15, -0.1) is 0 Å². The largest absolute Gasteiger partial charge is 0.468 e. The van der Waals surface area contributed by atoms with E-state index in [9.17, 15) is 4.79 Å². The highest BCUT2D eigenvalue weighted by atomic mass is 35.5. The van der Waals surface area contributed by atoms with Gasteiger partial charge < -0.3 is 4.74 Å². The molecule has 98 valence electrons. The van der Waals surface area contributed by atoms with E-state index in [4.69, 9.17) is 16.3 Å². The number of ether oxygens (including phenoxy) is 1. The van der Waals surface area contributed by atoms with Crippen LogP contribution in [-0.4, -0.2) is 35.5 Å². The van der Waals surface area contributed by atoms with Crippen molar-refractivity contribution in [1.29, 1.82) is 0 Å². The zero-order valence-corrected chi connectivity index (χ0v) is 11.2. The van der Waals surface area contributed by atoms with Crippen molar-refractivity contribution < 1.29 is 9.53 Å². The number of aromatic nitrogens is 1. The predicted molar refractivity (Wildman–Crippen MR) is 69.3 cm³/mol. The summed E-state index contributed by atoms with van der Waals surface area (Å²) in [7, 11) is 1.44. The minimum atomic E-state index is -0.156. The van der Waals surface area contributed by atoms with E-state index in [0.717, 1.165) is 31.5 Å². The average molecular weight is 269 g/mol. The molecule has 1 aromatic heterocycles. The second kappa shape index (κ2) is 6.16. The molecule has 1 atom stereocenters. The topological polar surface area (TPSA) is 42.4 Å². The number of likely N-dealkylation sites (tertiary alicyclic amines) is 1. The Kier molecular flexibility index (Phi) is 4.55. The Labute approximate surface area is 112 Å². The number of hydrogen-bond acceptors (Lipinski definition) is 4. The first kappa shape index (κ1) is 13.3. The fourth-order valence-corrected chi connectivity index (χ4v) is 2.51. The first-order chi connectivity index (χ1) is 8.70. The van der Waals surface area contributed by atoms with Gasteiger partial charge in [0.2, 0.25) is 0 Å². The van der Waals surface area contributed by atoms with E-state index in [0.29, 0.717) is 11.6 Å².